The summed E-state index contributed by atoms with van der Waals surface area (Å²) in [7, 11) is 0. The lowest BCUT2D eigenvalue weighted by Crippen LogP contribution is -1.93. The Morgan fingerprint density at radius 1 is 1.00 bits per heavy atom. The van der Waals surface area contributed by atoms with Crippen molar-refractivity contribution in [3.63, 3.8) is 0 Å². The van der Waals surface area contributed by atoms with Crippen LogP contribution in [-0.2, 0) is 6.42 Å². The first kappa shape index (κ1) is 13.3. The number of aromatic amines is 1. The maximum atomic E-state index is 4.85. The summed E-state index contributed by atoms with van der Waals surface area (Å²) in [4.78, 5) is 8.30. The molecule has 0 spiro atoms. The Morgan fingerprint density at radius 2 is 1.86 bits per heavy atom. The summed E-state index contributed by atoms with van der Waals surface area (Å²) in [5, 5.41) is 5.20. The van der Waals surface area contributed by atoms with Gasteiger partial charge in [-0.3, -0.25) is 0 Å². The molecule has 0 saturated heterocycles. The van der Waals surface area contributed by atoms with Gasteiger partial charge in [-0.2, -0.15) is 0 Å². The van der Waals surface area contributed by atoms with Gasteiger partial charge in [0.2, 0.25) is 0 Å². The van der Waals surface area contributed by atoms with Gasteiger partial charge in [-0.05, 0) is 48.9 Å². The van der Waals surface area contributed by atoms with Gasteiger partial charge in [0.15, 0.2) is 0 Å². The summed E-state index contributed by atoms with van der Waals surface area (Å²) in [5.41, 5.74) is 4.86. The molecule has 2 heterocycles. The highest BCUT2D eigenvalue weighted by Crippen LogP contribution is 2.33. The van der Waals surface area contributed by atoms with E-state index in [4.69, 9.17) is 4.98 Å². The van der Waals surface area contributed by atoms with E-state index in [9.17, 15) is 0 Å². The first-order chi connectivity index (χ1) is 10.8. The Morgan fingerprint density at radius 3 is 2.73 bits per heavy atom. The van der Waals surface area contributed by atoms with E-state index in [0.29, 0.717) is 0 Å². The summed E-state index contributed by atoms with van der Waals surface area (Å²) >= 11 is 0. The lowest BCUT2D eigenvalue weighted by atomic mass is 9.99. The fraction of sp³-hybridized carbons (Fsp3) is 0.250. The number of unbranched alkanes of at least 4 members (excludes halogenated alkanes) is 1. The zero-order valence-electron chi connectivity index (χ0n) is 13.1. The van der Waals surface area contributed by atoms with Crippen molar-refractivity contribution in [2.45, 2.75) is 33.1 Å². The van der Waals surface area contributed by atoms with Gasteiger partial charge >= 0.3 is 0 Å². The molecule has 0 aliphatic carbocycles. The molecule has 0 bridgehead atoms. The SMILES string of the molecule is CCCCc1[nH]ccc2c(C)c3nc4ccccc4c3cc12. The van der Waals surface area contributed by atoms with Gasteiger partial charge in [-0.25, -0.2) is 4.98 Å². The van der Waals surface area contributed by atoms with Gasteiger partial charge in [-0.1, -0.05) is 31.5 Å². The summed E-state index contributed by atoms with van der Waals surface area (Å²) in [6, 6.07) is 12.9. The Bertz CT molecular complexity index is 979. The highest BCUT2D eigenvalue weighted by molar-refractivity contribution is 6.14. The number of benzene rings is 2. The number of hydrogen-bond donors (Lipinski definition) is 1. The van der Waals surface area contributed by atoms with Crippen LogP contribution in [0.2, 0.25) is 0 Å². The minimum Gasteiger partial charge on any atom is -0.364 e. The fourth-order valence-electron chi connectivity index (χ4n) is 3.42. The predicted molar refractivity (Wildman–Crippen MR) is 94.5 cm³/mol. The Labute approximate surface area is 130 Å². The molecule has 0 saturated carbocycles. The molecule has 1 N–H and O–H groups in total. The molecule has 0 radical (unpaired) electrons. The van der Waals surface area contributed by atoms with Crippen molar-refractivity contribution in [3.8, 4) is 0 Å². The maximum absolute atomic E-state index is 4.85. The molecular formula is C20H20N2. The van der Waals surface area contributed by atoms with Crippen LogP contribution in [0.4, 0.5) is 0 Å². The summed E-state index contributed by atoms with van der Waals surface area (Å²) in [6.45, 7) is 4.43. The number of pyridine rings is 1. The van der Waals surface area contributed by atoms with E-state index in [1.54, 1.807) is 0 Å². The van der Waals surface area contributed by atoms with Crippen molar-refractivity contribution in [1.29, 1.82) is 0 Å². The van der Waals surface area contributed by atoms with Crippen molar-refractivity contribution in [3.05, 3.63) is 53.9 Å². The average molecular weight is 288 g/mol. The lowest BCUT2D eigenvalue weighted by molar-refractivity contribution is 0.782. The monoisotopic (exact) mass is 288 g/mol. The second-order valence-electron chi connectivity index (χ2n) is 6.05. The fourth-order valence-corrected chi connectivity index (χ4v) is 3.42. The van der Waals surface area contributed by atoms with E-state index in [2.05, 4.69) is 61.4 Å². The van der Waals surface area contributed by atoms with Crippen LogP contribution in [0.25, 0.3) is 32.6 Å². The number of para-hydroxylation sites is 1. The van der Waals surface area contributed by atoms with Crippen LogP contribution in [0.1, 0.15) is 31.0 Å². The number of H-pyrrole nitrogens is 1. The molecule has 0 aliphatic rings. The number of aryl methyl sites for hydroxylation is 2. The molecule has 0 fully saturated rings. The topological polar surface area (TPSA) is 28.7 Å². The molecule has 2 nitrogen and oxygen atoms in total. The molecule has 2 aromatic carbocycles. The average Bonchev–Trinajstić information content (AvgIpc) is 2.92. The van der Waals surface area contributed by atoms with Crippen LogP contribution in [-0.4, -0.2) is 9.97 Å². The van der Waals surface area contributed by atoms with E-state index >= 15 is 0 Å². The molecule has 4 aromatic rings. The highest BCUT2D eigenvalue weighted by atomic mass is 14.7. The molecule has 22 heavy (non-hydrogen) atoms. The molecular weight excluding hydrogens is 268 g/mol. The van der Waals surface area contributed by atoms with Crippen molar-refractivity contribution < 1.29 is 0 Å². The number of aromatic nitrogens is 2. The number of hydrogen-bond acceptors (Lipinski definition) is 1. The van der Waals surface area contributed by atoms with Crippen LogP contribution in [0.15, 0.2) is 42.6 Å². The first-order valence-corrected chi connectivity index (χ1v) is 8.07. The third kappa shape index (κ3) is 1.91. The smallest absolute Gasteiger partial charge is 0.0751 e. The van der Waals surface area contributed by atoms with Gasteiger partial charge < -0.3 is 4.98 Å². The predicted octanol–water partition coefficient (Wildman–Crippen LogP) is 5.52. The molecule has 110 valence electrons. The van der Waals surface area contributed by atoms with Crippen LogP contribution < -0.4 is 0 Å². The van der Waals surface area contributed by atoms with E-state index in [1.807, 2.05) is 0 Å². The standard InChI is InChI=1S/C20H20N2/c1-3-4-8-18-16-12-17-15-7-5-6-9-19(15)22-20(17)13(2)14(16)10-11-21-18/h5-7,9-12,21H,3-4,8H2,1-2H3. The molecule has 2 aromatic heterocycles. The van der Waals surface area contributed by atoms with E-state index in [1.165, 1.54) is 45.6 Å². The van der Waals surface area contributed by atoms with Crippen LogP contribution in [0.5, 0.6) is 0 Å². The van der Waals surface area contributed by atoms with E-state index in [-0.39, 0.29) is 0 Å². The van der Waals surface area contributed by atoms with Crippen LogP contribution >= 0.6 is 0 Å². The zero-order chi connectivity index (χ0) is 15.1. The van der Waals surface area contributed by atoms with Gasteiger partial charge in [-0.15, -0.1) is 0 Å². The normalized spacial score (nSPS) is 11.7. The van der Waals surface area contributed by atoms with E-state index < -0.39 is 0 Å². The third-order valence-corrected chi connectivity index (χ3v) is 4.63. The van der Waals surface area contributed by atoms with Crippen LogP contribution in [0.3, 0.4) is 0 Å². The van der Waals surface area contributed by atoms with Gasteiger partial charge in [0.1, 0.15) is 0 Å². The number of nitrogens with zero attached hydrogens (tertiary/aromatic N) is 1. The minimum atomic E-state index is 1.09. The van der Waals surface area contributed by atoms with Gasteiger partial charge in [0.25, 0.3) is 0 Å². The highest BCUT2D eigenvalue weighted by Gasteiger charge is 2.12. The maximum Gasteiger partial charge on any atom is 0.0751 e. The second kappa shape index (κ2) is 5.13. The molecule has 0 aliphatic heterocycles. The van der Waals surface area contributed by atoms with Gasteiger partial charge in [0, 0.05) is 28.0 Å². The summed E-state index contributed by atoms with van der Waals surface area (Å²) in [6.07, 6.45) is 5.60. The van der Waals surface area contributed by atoms with Crippen molar-refractivity contribution in [1.82, 2.24) is 9.97 Å². The Kier molecular flexibility index (Phi) is 3.11. The van der Waals surface area contributed by atoms with Crippen molar-refractivity contribution in [2.24, 2.45) is 0 Å². The Balaban J connectivity index is 2.10. The summed E-state index contributed by atoms with van der Waals surface area (Å²) in [5.74, 6) is 0. The van der Waals surface area contributed by atoms with Crippen molar-refractivity contribution in [2.75, 3.05) is 0 Å². The largest absolute Gasteiger partial charge is 0.364 e. The number of rotatable bonds is 3. The number of nitrogens with one attached hydrogen (secondary N) is 1. The van der Waals surface area contributed by atoms with Crippen LogP contribution in [0, 0.1) is 6.92 Å². The number of fused-ring (bicyclic) bond motifs is 4. The van der Waals surface area contributed by atoms with Gasteiger partial charge in [0.05, 0.1) is 11.0 Å². The second-order valence-corrected chi connectivity index (χ2v) is 6.05. The molecule has 0 amide bonds. The zero-order valence-corrected chi connectivity index (χ0v) is 13.1. The summed E-state index contributed by atoms with van der Waals surface area (Å²) < 4.78 is 0. The Hall–Kier alpha value is -2.35. The third-order valence-electron chi connectivity index (χ3n) is 4.63. The van der Waals surface area contributed by atoms with Crippen molar-refractivity contribution >= 4 is 32.6 Å². The lowest BCUT2D eigenvalue weighted by Gasteiger charge is -2.09. The molecule has 2 heteroatoms. The quantitative estimate of drug-likeness (QED) is 0.528. The molecule has 4 rings (SSSR count). The minimum absolute atomic E-state index is 1.09. The first-order valence-electron chi connectivity index (χ1n) is 8.07. The van der Waals surface area contributed by atoms with E-state index in [0.717, 1.165) is 17.5 Å². The molecule has 0 atom stereocenters. The molecule has 0 unspecified atom stereocenters.